The van der Waals surface area contributed by atoms with E-state index >= 15 is 0 Å². The number of rotatable bonds is 5. The second kappa shape index (κ2) is 8.96. The van der Waals surface area contributed by atoms with Crippen molar-refractivity contribution in [3.05, 3.63) is 72.7 Å². The van der Waals surface area contributed by atoms with Crippen LogP contribution < -0.4 is 10.6 Å². The number of nitrogens with one attached hydrogen (secondary N) is 4. The van der Waals surface area contributed by atoms with E-state index in [0.717, 1.165) is 82.4 Å². The molecule has 2 fully saturated rings. The molecule has 0 bridgehead atoms. The molecule has 180 valence electrons. The van der Waals surface area contributed by atoms with Crippen molar-refractivity contribution in [2.75, 3.05) is 13.1 Å². The van der Waals surface area contributed by atoms with Gasteiger partial charge in [-0.25, -0.2) is 15.0 Å². The lowest BCUT2D eigenvalue weighted by molar-refractivity contribution is 0.613. The monoisotopic (exact) mass is 476 g/mol. The Morgan fingerprint density at radius 3 is 1.86 bits per heavy atom. The third-order valence-corrected chi connectivity index (χ3v) is 7.32. The molecule has 4 N–H and O–H groups in total. The van der Waals surface area contributed by atoms with Gasteiger partial charge in [0, 0.05) is 11.1 Å². The summed E-state index contributed by atoms with van der Waals surface area (Å²) in [6.45, 7) is 2.12. The Morgan fingerprint density at radius 1 is 0.611 bits per heavy atom. The maximum atomic E-state index is 4.88. The van der Waals surface area contributed by atoms with E-state index in [1.807, 2.05) is 24.7 Å². The van der Waals surface area contributed by atoms with Crippen LogP contribution in [-0.4, -0.2) is 43.0 Å². The Bertz CT molecular complexity index is 1500. The summed E-state index contributed by atoms with van der Waals surface area (Å²) in [4.78, 5) is 25.7. The average Bonchev–Trinajstić information content (AvgIpc) is 3.75. The average molecular weight is 477 g/mol. The Morgan fingerprint density at radius 2 is 1.22 bits per heavy atom. The van der Waals surface area contributed by atoms with Crippen molar-refractivity contribution < 1.29 is 0 Å². The maximum Gasteiger partial charge on any atom is 0.123 e. The van der Waals surface area contributed by atoms with E-state index in [1.54, 1.807) is 0 Å². The van der Waals surface area contributed by atoms with Crippen LogP contribution in [0.2, 0.25) is 0 Å². The van der Waals surface area contributed by atoms with Crippen LogP contribution in [0.25, 0.3) is 44.8 Å². The van der Waals surface area contributed by atoms with Gasteiger partial charge in [-0.2, -0.15) is 0 Å². The first-order chi connectivity index (χ1) is 17.8. The molecule has 2 aliphatic heterocycles. The highest BCUT2D eigenvalue weighted by Crippen LogP contribution is 2.28. The third-order valence-electron chi connectivity index (χ3n) is 7.32. The first-order valence-electron chi connectivity index (χ1n) is 12.7. The van der Waals surface area contributed by atoms with Crippen molar-refractivity contribution >= 4 is 11.0 Å². The van der Waals surface area contributed by atoms with Crippen LogP contribution >= 0.6 is 0 Å². The van der Waals surface area contributed by atoms with Crippen LogP contribution in [0.5, 0.6) is 0 Å². The van der Waals surface area contributed by atoms with Gasteiger partial charge in [0.15, 0.2) is 0 Å². The molecule has 2 unspecified atom stereocenters. The number of nitrogens with zero attached hydrogens (tertiary/aromatic N) is 4. The van der Waals surface area contributed by atoms with E-state index in [2.05, 4.69) is 67.0 Å². The lowest BCUT2D eigenvalue weighted by atomic mass is 10.1. The summed E-state index contributed by atoms with van der Waals surface area (Å²) < 4.78 is 0. The molecule has 2 aliphatic rings. The molecule has 8 nitrogen and oxygen atoms in total. The molecule has 8 heteroatoms. The van der Waals surface area contributed by atoms with E-state index in [0.29, 0.717) is 12.1 Å². The largest absolute Gasteiger partial charge is 0.341 e. The zero-order valence-electron chi connectivity index (χ0n) is 20.0. The summed E-state index contributed by atoms with van der Waals surface area (Å²) in [5.41, 5.74) is 7.86. The van der Waals surface area contributed by atoms with Gasteiger partial charge in [0.05, 0.1) is 58.8 Å². The first kappa shape index (κ1) is 21.4. The summed E-state index contributed by atoms with van der Waals surface area (Å²) >= 11 is 0. The second-order valence-corrected chi connectivity index (χ2v) is 9.70. The number of imidazole rings is 2. The molecule has 5 heterocycles. The summed E-state index contributed by atoms with van der Waals surface area (Å²) in [5, 5.41) is 6.98. The molecule has 0 aliphatic carbocycles. The quantitative estimate of drug-likeness (QED) is 0.287. The molecule has 2 saturated heterocycles. The predicted molar refractivity (Wildman–Crippen MR) is 140 cm³/mol. The molecule has 2 atom stereocenters. The highest BCUT2D eigenvalue weighted by molar-refractivity contribution is 5.82. The molecule has 0 amide bonds. The molecule has 0 saturated carbocycles. The Labute approximate surface area is 209 Å². The molecule has 0 spiro atoms. The van der Waals surface area contributed by atoms with Crippen molar-refractivity contribution in [1.29, 1.82) is 0 Å². The Kier molecular flexibility index (Phi) is 5.33. The SMILES string of the molecule is c1cc(-c2cnc(C3CCCN3)[nH]2)ccc1-c1cnc2cc(-c3cnc(C4CCCN4)[nH]3)ccc2n1. The molecular formula is C28H28N8. The number of aromatic amines is 2. The number of fused-ring (bicyclic) bond motifs is 1. The number of H-pyrrole nitrogens is 2. The summed E-state index contributed by atoms with van der Waals surface area (Å²) in [6, 6.07) is 15.3. The molecule has 36 heavy (non-hydrogen) atoms. The molecule has 0 radical (unpaired) electrons. The van der Waals surface area contributed by atoms with E-state index < -0.39 is 0 Å². The van der Waals surface area contributed by atoms with Crippen molar-refractivity contribution in [1.82, 2.24) is 40.5 Å². The summed E-state index contributed by atoms with van der Waals surface area (Å²) in [5.74, 6) is 2.03. The first-order valence-corrected chi connectivity index (χ1v) is 12.7. The zero-order valence-corrected chi connectivity index (χ0v) is 20.0. The van der Waals surface area contributed by atoms with Crippen LogP contribution in [-0.2, 0) is 0 Å². The van der Waals surface area contributed by atoms with Crippen molar-refractivity contribution in [2.24, 2.45) is 0 Å². The highest BCUT2D eigenvalue weighted by Gasteiger charge is 2.20. The van der Waals surface area contributed by atoms with Gasteiger partial charge < -0.3 is 20.6 Å². The van der Waals surface area contributed by atoms with Gasteiger partial charge in [0.25, 0.3) is 0 Å². The van der Waals surface area contributed by atoms with E-state index in [1.165, 1.54) is 12.8 Å². The lowest BCUT2D eigenvalue weighted by Crippen LogP contribution is -2.14. The van der Waals surface area contributed by atoms with Crippen LogP contribution in [0.3, 0.4) is 0 Å². The van der Waals surface area contributed by atoms with Gasteiger partial charge in [-0.3, -0.25) is 4.98 Å². The van der Waals surface area contributed by atoms with Gasteiger partial charge >= 0.3 is 0 Å². The topological polar surface area (TPSA) is 107 Å². The van der Waals surface area contributed by atoms with Gasteiger partial charge in [0.2, 0.25) is 0 Å². The van der Waals surface area contributed by atoms with Crippen LogP contribution in [0, 0.1) is 0 Å². The fourth-order valence-electron chi connectivity index (χ4n) is 5.29. The third kappa shape index (κ3) is 3.98. The molecule has 2 aromatic carbocycles. The minimum atomic E-state index is 0.326. The van der Waals surface area contributed by atoms with Crippen molar-refractivity contribution in [2.45, 2.75) is 37.8 Å². The predicted octanol–water partition coefficient (Wildman–Crippen LogP) is 4.93. The minimum Gasteiger partial charge on any atom is -0.341 e. The van der Waals surface area contributed by atoms with Gasteiger partial charge in [-0.15, -0.1) is 0 Å². The lowest BCUT2D eigenvalue weighted by Gasteiger charge is -2.07. The Balaban J connectivity index is 1.11. The van der Waals surface area contributed by atoms with Crippen LogP contribution in [0.1, 0.15) is 49.4 Å². The van der Waals surface area contributed by atoms with Gasteiger partial charge in [-0.1, -0.05) is 30.3 Å². The standard InChI is InChI=1S/C28H28N8/c1-3-21(29-11-1)27-32-15-25(35-27)18-7-5-17(6-8-18)24-14-31-23-13-19(9-10-20(23)34-24)26-16-33-28(36-26)22-4-2-12-30-22/h5-10,13-16,21-22,29-30H,1-4,11-12H2,(H,32,35)(H,33,36). The Hall–Kier alpha value is -3.88. The minimum absolute atomic E-state index is 0.326. The maximum absolute atomic E-state index is 4.88. The van der Waals surface area contributed by atoms with Crippen LogP contribution in [0.4, 0.5) is 0 Å². The second-order valence-electron chi connectivity index (χ2n) is 9.70. The van der Waals surface area contributed by atoms with E-state index in [-0.39, 0.29) is 0 Å². The highest BCUT2D eigenvalue weighted by atomic mass is 15.0. The fraction of sp³-hybridized carbons (Fsp3) is 0.286. The van der Waals surface area contributed by atoms with Gasteiger partial charge in [0.1, 0.15) is 11.6 Å². The molecule has 3 aromatic heterocycles. The van der Waals surface area contributed by atoms with Crippen LogP contribution in [0.15, 0.2) is 61.1 Å². The van der Waals surface area contributed by atoms with Gasteiger partial charge in [-0.05, 0) is 56.5 Å². The molecule has 7 rings (SSSR count). The zero-order chi connectivity index (χ0) is 23.9. The number of benzene rings is 2. The summed E-state index contributed by atoms with van der Waals surface area (Å²) in [7, 11) is 0. The number of hydrogen-bond donors (Lipinski definition) is 4. The van der Waals surface area contributed by atoms with Crippen molar-refractivity contribution in [3.63, 3.8) is 0 Å². The summed E-state index contributed by atoms with van der Waals surface area (Å²) in [6.07, 6.45) is 10.3. The normalized spacial score (nSPS) is 19.9. The molecule has 5 aromatic rings. The molecular weight excluding hydrogens is 448 g/mol. The van der Waals surface area contributed by atoms with E-state index in [4.69, 9.17) is 9.97 Å². The van der Waals surface area contributed by atoms with Crippen molar-refractivity contribution in [3.8, 4) is 33.8 Å². The smallest absolute Gasteiger partial charge is 0.123 e. The van der Waals surface area contributed by atoms with E-state index in [9.17, 15) is 0 Å². The number of hydrogen-bond acceptors (Lipinski definition) is 6. The number of aromatic nitrogens is 6. The fourth-order valence-corrected chi connectivity index (χ4v) is 5.29.